The second kappa shape index (κ2) is 7.61. The van der Waals surface area contributed by atoms with Gasteiger partial charge in [-0.2, -0.15) is 11.8 Å². The first-order valence-electron chi connectivity index (χ1n) is 6.88. The van der Waals surface area contributed by atoms with Crippen LogP contribution in [0.4, 0.5) is 0 Å². The van der Waals surface area contributed by atoms with Crippen molar-refractivity contribution in [3.63, 3.8) is 0 Å². The number of carbonyl (C=O) groups is 1. The highest BCUT2D eigenvalue weighted by molar-refractivity contribution is 7.98. The minimum Gasteiger partial charge on any atom is -0.481 e. The van der Waals surface area contributed by atoms with Crippen molar-refractivity contribution in [1.29, 1.82) is 0 Å². The van der Waals surface area contributed by atoms with Gasteiger partial charge in [0, 0.05) is 16.7 Å². The zero-order valence-electron chi connectivity index (χ0n) is 12.2. The highest BCUT2D eigenvalue weighted by Gasteiger charge is 2.08. The fourth-order valence-corrected chi connectivity index (χ4v) is 3.67. The molecule has 1 aromatic carbocycles. The summed E-state index contributed by atoms with van der Waals surface area (Å²) in [4.78, 5) is 15.0. The number of carboxylic acids is 1. The number of aromatic nitrogens is 1. The summed E-state index contributed by atoms with van der Waals surface area (Å²) >= 11 is 3.44. The molecule has 5 heteroatoms. The lowest BCUT2D eigenvalue weighted by atomic mass is 10.1. The summed E-state index contributed by atoms with van der Waals surface area (Å²) < 4.78 is 0. The maximum absolute atomic E-state index is 10.7. The van der Waals surface area contributed by atoms with E-state index in [4.69, 9.17) is 5.11 Å². The summed E-state index contributed by atoms with van der Waals surface area (Å²) in [7, 11) is 0. The predicted octanol–water partition coefficient (Wildman–Crippen LogP) is 4.33. The average Bonchev–Trinajstić information content (AvgIpc) is 2.87. The fourth-order valence-electron chi connectivity index (χ4n) is 1.83. The lowest BCUT2D eigenvalue weighted by Gasteiger charge is -2.05. The van der Waals surface area contributed by atoms with E-state index in [1.54, 1.807) is 0 Å². The summed E-state index contributed by atoms with van der Waals surface area (Å²) in [6.07, 6.45) is -0.0135. The van der Waals surface area contributed by atoms with Gasteiger partial charge in [0.05, 0.1) is 12.1 Å². The number of nitrogens with zero attached hydrogens (tertiary/aromatic N) is 1. The number of aliphatic carboxylic acids is 1. The van der Waals surface area contributed by atoms with Crippen molar-refractivity contribution in [3.05, 3.63) is 40.9 Å². The van der Waals surface area contributed by atoms with Crippen LogP contribution in [0, 0.1) is 5.92 Å². The second-order valence-corrected chi connectivity index (χ2v) is 7.21. The van der Waals surface area contributed by atoms with Gasteiger partial charge >= 0.3 is 5.97 Å². The fraction of sp³-hybridized carbons (Fsp3) is 0.375. The van der Waals surface area contributed by atoms with Gasteiger partial charge < -0.3 is 5.11 Å². The van der Waals surface area contributed by atoms with Gasteiger partial charge in [0.15, 0.2) is 0 Å². The van der Waals surface area contributed by atoms with E-state index in [2.05, 4.69) is 43.1 Å². The molecule has 1 heterocycles. The number of thioether (sulfide) groups is 1. The van der Waals surface area contributed by atoms with Gasteiger partial charge in [-0.25, -0.2) is 4.98 Å². The van der Waals surface area contributed by atoms with E-state index >= 15 is 0 Å². The van der Waals surface area contributed by atoms with Gasteiger partial charge in [-0.05, 0) is 17.2 Å². The molecule has 0 atom stereocenters. The summed E-state index contributed by atoms with van der Waals surface area (Å²) in [5.41, 5.74) is 2.99. The first-order chi connectivity index (χ1) is 10.0. The second-order valence-electron chi connectivity index (χ2n) is 5.32. The van der Waals surface area contributed by atoms with E-state index in [0.717, 1.165) is 22.2 Å². The molecule has 0 fully saturated rings. The molecule has 21 heavy (non-hydrogen) atoms. The van der Waals surface area contributed by atoms with Crippen LogP contribution in [0.15, 0.2) is 29.6 Å². The van der Waals surface area contributed by atoms with E-state index in [-0.39, 0.29) is 6.42 Å². The molecular formula is C16H19NO2S2. The Morgan fingerprint density at radius 2 is 2.05 bits per heavy atom. The third-order valence-electron chi connectivity index (χ3n) is 2.80. The molecule has 0 amide bonds. The molecule has 3 nitrogen and oxygen atoms in total. The van der Waals surface area contributed by atoms with Gasteiger partial charge in [0.2, 0.25) is 0 Å². The van der Waals surface area contributed by atoms with Crippen LogP contribution in [0.2, 0.25) is 0 Å². The Morgan fingerprint density at radius 1 is 1.33 bits per heavy atom. The molecule has 2 rings (SSSR count). The van der Waals surface area contributed by atoms with Crippen LogP contribution in [0.25, 0.3) is 10.6 Å². The Bertz CT molecular complexity index is 591. The van der Waals surface area contributed by atoms with E-state index in [1.165, 1.54) is 22.7 Å². The molecule has 1 N–H and O–H groups in total. The molecule has 1 aromatic heterocycles. The van der Waals surface area contributed by atoms with Crippen LogP contribution in [0.1, 0.15) is 25.1 Å². The summed E-state index contributed by atoms with van der Waals surface area (Å²) in [5, 5.41) is 11.5. The number of benzene rings is 1. The summed E-state index contributed by atoms with van der Waals surface area (Å²) in [6.45, 7) is 4.46. The van der Waals surface area contributed by atoms with E-state index in [1.807, 2.05) is 17.1 Å². The van der Waals surface area contributed by atoms with Gasteiger partial charge in [0.25, 0.3) is 0 Å². The summed E-state index contributed by atoms with van der Waals surface area (Å²) in [5.74, 6) is 2.08. The predicted molar refractivity (Wildman–Crippen MR) is 89.9 cm³/mol. The average molecular weight is 321 g/mol. The normalized spacial score (nSPS) is 11.0. The molecule has 2 aromatic rings. The number of rotatable bonds is 7. The molecule has 0 aliphatic rings. The van der Waals surface area contributed by atoms with Crippen molar-refractivity contribution in [2.75, 3.05) is 5.75 Å². The Morgan fingerprint density at radius 3 is 2.67 bits per heavy atom. The number of thiazole rings is 1. The van der Waals surface area contributed by atoms with Gasteiger partial charge in [-0.3, -0.25) is 4.79 Å². The molecule has 0 aliphatic carbocycles. The van der Waals surface area contributed by atoms with E-state index in [0.29, 0.717) is 5.69 Å². The zero-order chi connectivity index (χ0) is 15.2. The van der Waals surface area contributed by atoms with E-state index in [9.17, 15) is 4.79 Å². The molecule has 0 saturated heterocycles. The number of hydrogen-bond acceptors (Lipinski definition) is 4. The van der Waals surface area contributed by atoms with Gasteiger partial charge in [-0.15, -0.1) is 11.3 Å². The van der Waals surface area contributed by atoms with Crippen molar-refractivity contribution in [2.45, 2.75) is 26.0 Å². The maximum atomic E-state index is 10.7. The largest absolute Gasteiger partial charge is 0.481 e. The number of carboxylic acid groups (broad SMARTS) is 1. The highest BCUT2D eigenvalue weighted by atomic mass is 32.2. The molecule has 0 aliphatic heterocycles. The minimum absolute atomic E-state index is 0.0135. The van der Waals surface area contributed by atoms with Gasteiger partial charge in [0.1, 0.15) is 5.01 Å². The van der Waals surface area contributed by atoms with Crippen LogP contribution in [0.5, 0.6) is 0 Å². The summed E-state index contributed by atoms with van der Waals surface area (Å²) in [6, 6.07) is 8.38. The monoisotopic (exact) mass is 321 g/mol. The van der Waals surface area contributed by atoms with Gasteiger partial charge in [-0.1, -0.05) is 38.1 Å². The third kappa shape index (κ3) is 5.17. The Labute approximate surface area is 133 Å². The lowest BCUT2D eigenvalue weighted by Crippen LogP contribution is -1.99. The zero-order valence-corrected chi connectivity index (χ0v) is 13.8. The lowest BCUT2D eigenvalue weighted by molar-refractivity contribution is -0.136. The molecule has 112 valence electrons. The first kappa shape index (κ1) is 16.0. The Balaban J connectivity index is 1.98. The Kier molecular flexibility index (Phi) is 5.82. The first-order valence-corrected chi connectivity index (χ1v) is 8.91. The number of hydrogen-bond donors (Lipinski definition) is 1. The smallest absolute Gasteiger partial charge is 0.309 e. The van der Waals surface area contributed by atoms with Crippen LogP contribution < -0.4 is 0 Å². The maximum Gasteiger partial charge on any atom is 0.309 e. The van der Waals surface area contributed by atoms with Crippen molar-refractivity contribution < 1.29 is 9.90 Å². The molecule has 0 saturated carbocycles. The van der Waals surface area contributed by atoms with Crippen LogP contribution in [-0.2, 0) is 17.0 Å². The van der Waals surface area contributed by atoms with Crippen molar-refractivity contribution in [1.82, 2.24) is 4.98 Å². The Hall–Kier alpha value is -1.33. The van der Waals surface area contributed by atoms with Crippen molar-refractivity contribution in [2.24, 2.45) is 5.92 Å². The third-order valence-corrected chi connectivity index (χ3v) is 5.18. The molecule has 0 unspecified atom stereocenters. The molecule has 0 spiro atoms. The van der Waals surface area contributed by atoms with Crippen LogP contribution in [0.3, 0.4) is 0 Å². The quantitative estimate of drug-likeness (QED) is 0.825. The van der Waals surface area contributed by atoms with Crippen LogP contribution in [-0.4, -0.2) is 21.8 Å². The van der Waals surface area contributed by atoms with Crippen molar-refractivity contribution >= 4 is 29.1 Å². The standard InChI is InChI=1S/C16H19NO2S2/c1-11(2)8-20-9-12-3-5-13(6-4-12)16-17-14(10-21-16)7-15(18)19/h3-6,10-11H,7-9H2,1-2H3,(H,18,19). The molecule has 0 radical (unpaired) electrons. The minimum atomic E-state index is -0.843. The highest BCUT2D eigenvalue weighted by Crippen LogP contribution is 2.25. The molecule has 0 bridgehead atoms. The molecular weight excluding hydrogens is 302 g/mol. The van der Waals surface area contributed by atoms with Crippen LogP contribution >= 0.6 is 23.1 Å². The topological polar surface area (TPSA) is 50.2 Å². The van der Waals surface area contributed by atoms with E-state index < -0.39 is 5.97 Å². The SMILES string of the molecule is CC(C)CSCc1ccc(-c2nc(CC(=O)O)cs2)cc1. The van der Waals surface area contributed by atoms with Crippen molar-refractivity contribution in [3.8, 4) is 10.6 Å².